The van der Waals surface area contributed by atoms with Crippen molar-refractivity contribution in [1.29, 1.82) is 0 Å². The first-order chi connectivity index (χ1) is 14.2. The molecule has 0 aliphatic heterocycles. The summed E-state index contributed by atoms with van der Waals surface area (Å²) in [5.41, 5.74) is 0. The van der Waals surface area contributed by atoms with Crippen molar-refractivity contribution in [2.24, 2.45) is 0 Å². The van der Waals surface area contributed by atoms with E-state index in [0.717, 1.165) is 25.7 Å². The van der Waals surface area contributed by atoms with Gasteiger partial charge in [0.05, 0.1) is 0 Å². The Labute approximate surface area is 191 Å². The van der Waals surface area contributed by atoms with Crippen LogP contribution in [0.3, 0.4) is 0 Å². The second-order valence-electron chi connectivity index (χ2n) is 8.45. The summed E-state index contributed by atoms with van der Waals surface area (Å²) in [6.07, 6.45) is 25.6. The molecule has 0 aliphatic carbocycles. The summed E-state index contributed by atoms with van der Waals surface area (Å²) in [4.78, 5) is 0. The van der Waals surface area contributed by atoms with Crippen LogP contribution in [0.1, 0.15) is 142 Å². The zero-order valence-electron chi connectivity index (χ0n) is 19.6. The Hall–Kier alpha value is 0.599. The van der Waals surface area contributed by atoms with E-state index in [4.69, 9.17) is 2.90 Å². The Balaban J connectivity index is 3.32. The van der Waals surface area contributed by atoms with E-state index < -0.39 is 28.3 Å². The molecule has 29 heavy (non-hydrogen) atoms. The number of hydrogen-bond acceptors (Lipinski definition) is 3. The first kappa shape index (κ1) is 29.6. The summed E-state index contributed by atoms with van der Waals surface area (Å²) in [7, 11) is 0. The minimum atomic E-state index is -2.29. The minimum absolute atomic E-state index is 0.650. The normalized spacial score (nSPS) is 13.6. The van der Waals surface area contributed by atoms with Gasteiger partial charge >= 0.3 is 192 Å². The number of unbranched alkanes of at least 4 members (excludes halogenated alkanes) is 18. The van der Waals surface area contributed by atoms with Crippen molar-refractivity contribution in [3.8, 4) is 0 Å². The third-order valence-electron chi connectivity index (χ3n) is 5.48. The molecule has 5 heteroatoms. The first-order valence-electron chi connectivity index (χ1n) is 12.7. The molecule has 0 aliphatic rings. The SMILES string of the molecule is CCCCCCCCCCCC[Se](=O)O[Se](=O)CCCCCCCCCCCC. The molecule has 176 valence electrons. The molecule has 0 rings (SSSR count). The summed E-state index contributed by atoms with van der Waals surface area (Å²) in [6, 6.07) is 0. The van der Waals surface area contributed by atoms with E-state index in [0.29, 0.717) is 10.6 Å². The second-order valence-corrected chi connectivity index (χ2v) is 14.5. The molecule has 3 nitrogen and oxygen atoms in total. The molecule has 0 unspecified atom stereocenters. The van der Waals surface area contributed by atoms with Crippen molar-refractivity contribution >= 4 is 28.3 Å². The molecule has 0 spiro atoms. The number of hydrogen-bond donors (Lipinski definition) is 0. The second kappa shape index (κ2) is 24.9. The van der Waals surface area contributed by atoms with Crippen molar-refractivity contribution in [2.45, 2.75) is 153 Å². The zero-order chi connectivity index (χ0) is 21.4. The van der Waals surface area contributed by atoms with Crippen molar-refractivity contribution < 1.29 is 10.6 Å². The van der Waals surface area contributed by atoms with E-state index in [1.807, 2.05) is 0 Å². The molecule has 0 bridgehead atoms. The van der Waals surface area contributed by atoms with Gasteiger partial charge in [0.2, 0.25) is 0 Å². The molecule has 0 fully saturated rings. The number of rotatable bonds is 24. The molecule has 0 saturated heterocycles. The monoisotopic (exact) mass is 546 g/mol. The maximum absolute atomic E-state index is 12.0. The predicted octanol–water partition coefficient (Wildman–Crippen LogP) is 8.68. The Morgan fingerprint density at radius 3 is 0.931 bits per heavy atom. The van der Waals surface area contributed by atoms with Gasteiger partial charge in [-0.2, -0.15) is 0 Å². The molecule has 0 atom stereocenters. The fourth-order valence-electron chi connectivity index (χ4n) is 3.57. The summed E-state index contributed by atoms with van der Waals surface area (Å²) in [5, 5.41) is 1.30. The third-order valence-corrected chi connectivity index (χ3v) is 12.0. The molecular formula is C24H50O3Se2. The Morgan fingerprint density at radius 1 is 0.414 bits per heavy atom. The molecule has 0 heterocycles. The first-order valence-corrected chi connectivity index (χ1v) is 17.9. The van der Waals surface area contributed by atoms with Gasteiger partial charge in [0.15, 0.2) is 0 Å². The molecule has 0 amide bonds. The zero-order valence-corrected chi connectivity index (χ0v) is 23.0. The van der Waals surface area contributed by atoms with Crippen LogP contribution in [-0.2, 0) is 10.6 Å². The van der Waals surface area contributed by atoms with Crippen LogP contribution < -0.4 is 0 Å². The molecule has 0 aromatic rings. The van der Waals surface area contributed by atoms with Crippen molar-refractivity contribution in [2.75, 3.05) is 0 Å². The Kier molecular flexibility index (Phi) is 25.4. The van der Waals surface area contributed by atoms with Crippen LogP contribution in [-0.4, -0.2) is 28.3 Å². The average Bonchev–Trinajstić information content (AvgIpc) is 2.70. The summed E-state index contributed by atoms with van der Waals surface area (Å²) >= 11 is -4.58. The fourth-order valence-corrected chi connectivity index (χ4v) is 9.38. The average molecular weight is 545 g/mol. The van der Waals surface area contributed by atoms with E-state index in [-0.39, 0.29) is 0 Å². The van der Waals surface area contributed by atoms with E-state index >= 15 is 0 Å². The van der Waals surface area contributed by atoms with Gasteiger partial charge in [-0.1, -0.05) is 0 Å². The van der Waals surface area contributed by atoms with Crippen molar-refractivity contribution in [3.05, 3.63) is 0 Å². The van der Waals surface area contributed by atoms with E-state index in [1.165, 1.54) is 103 Å². The Bertz CT molecular complexity index is 341. The predicted molar refractivity (Wildman–Crippen MR) is 127 cm³/mol. The van der Waals surface area contributed by atoms with E-state index in [1.54, 1.807) is 0 Å². The van der Waals surface area contributed by atoms with Crippen molar-refractivity contribution in [3.63, 3.8) is 0 Å². The topological polar surface area (TPSA) is 43.4 Å². The van der Waals surface area contributed by atoms with E-state index in [9.17, 15) is 7.67 Å². The van der Waals surface area contributed by atoms with Crippen LogP contribution in [0.4, 0.5) is 0 Å². The summed E-state index contributed by atoms with van der Waals surface area (Å²) in [5.74, 6) is 0. The standard InChI is InChI=1S/C24H50O3Se2/c1-3-5-7-9-11-13-15-17-19-21-23-28(25)27-29(26)24-22-20-18-16-14-12-10-8-6-4-2/h3-24H2,1-2H3. The van der Waals surface area contributed by atoms with Gasteiger partial charge in [-0.3, -0.25) is 0 Å². The van der Waals surface area contributed by atoms with Gasteiger partial charge in [-0.05, 0) is 0 Å². The van der Waals surface area contributed by atoms with Gasteiger partial charge in [0.25, 0.3) is 0 Å². The van der Waals surface area contributed by atoms with Crippen LogP contribution in [0.15, 0.2) is 0 Å². The van der Waals surface area contributed by atoms with Crippen LogP contribution >= 0.6 is 0 Å². The molecule has 0 saturated carbocycles. The molecule has 0 aromatic heterocycles. The molecule has 0 radical (unpaired) electrons. The van der Waals surface area contributed by atoms with Crippen LogP contribution in [0.2, 0.25) is 10.6 Å². The Morgan fingerprint density at radius 2 is 0.655 bits per heavy atom. The van der Waals surface area contributed by atoms with Gasteiger partial charge < -0.3 is 0 Å². The summed E-state index contributed by atoms with van der Waals surface area (Å²) < 4.78 is 29.3. The quantitative estimate of drug-likeness (QED) is 0.0902. The van der Waals surface area contributed by atoms with Gasteiger partial charge in [0.1, 0.15) is 0 Å². The fraction of sp³-hybridized carbons (Fsp3) is 1.00. The molecular weight excluding hydrogens is 494 g/mol. The van der Waals surface area contributed by atoms with Crippen LogP contribution in [0, 0.1) is 0 Å². The molecule has 0 N–H and O–H groups in total. The summed E-state index contributed by atoms with van der Waals surface area (Å²) in [6.45, 7) is 4.51. The van der Waals surface area contributed by atoms with E-state index in [2.05, 4.69) is 13.8 Å². The van der Waals surface area contributed by atoms with Crippen LogP contribution in [0.5, 0.6) is 0 Å². The maximum atomic E-state index is 12.0. The van der Waals surface area contributed by atoms with Crippen LogP contribution in [0.25, 0.3) is 0 Å². The van der Waals surface area contributed by atoms with Gasteiger partial charge in [-0.15, -0.1) is 0 Å². The van der Waals surface area contributed by atoms with Gasteiger partial charge in [0, 0.05) is 0 Å². The third kappa shape index (κ3) is 24.7. The van der Waals surface area contributed by atoms with Crippen molar-refractivity contribution in [1.82, 2.24) is 0 Å². The van der Waals surface area contributed by atoms with Gasteiger partial charge in [-0.25, -0.2) is 0 Å². The molecule has 0 aromatic carbocycles.